The smallest absolute Gasteiger partial charge is 0.232 e. The van der Waals surface area contributed by atoms with E-state index in [9.17, 15) is 8.42 Å². The molecule has 1 saturated heterocycles. The topological polar surface area (TPSA) is 37.4 Å². The van der Waals surface area contributed by atoms with Gasteiger partial charge in [0.2, 0.25) is 9.05 Å². The van der Waals surface area contributed by atoms with Gasteiger partial charge in [-0.2, -0.15) is 11.8 Å². The van der Waals surface area contributed by atoms with Gasteiger partial charge in [-0.05, 0) is 19.9 Å². The van der Waals surface area contributed by atoms with Crippen LogP contribution in [0.15, 0.2) is 0 Å². The lowest BCUT2D eigenvalue weighted by Gasteiger charge is -2.37. The van der Waals surface area contributed by atoms with Crippen LogP contribution in [0.3, 0.4) is 0 Å². The minimum atomic E-state index is -3.32. The van der Waals surface area contributed by atoms with Gasteiger partial charge in [0.25, 0.3) is 0 Å². The van der Waals surface area contributed by atoms with Gasteiger partial charge < -0.3 is 0 Å². The molecule has 0 aromatic carbocycles. The van der Waals surface area contributed by atoms with Gasteiger partial charge in [0.1, 0.15) is 0 Å². The van der Waals surface area contributed by atoms with E-state index in [1.54, 1.807) is 0 Å². The molecule has 0 spiro atoms. The Hall–Kier alpha value is 0.550. The van der Waals surface area contributed by atoms with Crippen LogP contribution in [0.5, 0.6) is 0 Å². The molecule has 0 saturated carbocycles. The largest absolute Gasteiger partial charge is 0.299 e. The Morgan fingerprint density at radius 1 is 1.47 bits per heavy atom. The molecule has 2 atom stereocenters. The number of nitrogens with zero attached hydrogens (tertiary/aromatic N) is 1. The minimum absolute atomic E-state index is 0.0826. The van der Waals surface area contributed by atoms with Gasteiger partial charge in [0, 0.05) is 34.3 Å². The highest BCUT2D eigenvalue weighted by Gasteiger charge is 2.24. The molecule has 0 amide bonds. The second-order valence-electron chi connectivity index (χ2n) is 3.95. The highest BCUT2D eigenvalue weighted by Crippen LogP contribution is 2.24. The molecule has 1 aliphatic rings. The van der Waals surface area contributed by atoms with Crippen LogP contribution in [0.4, 0.5) is 0 Å². The maximum Gasteiger partial charge on any atom is 0.232 e. The second kappa shape index (κ2) is 5.75. The van der Waals surface area contributed by atoms with Crippen molar-refractivity contribution >= 4 is 31.5 Å². The first kappa shape index (κ1) is 13.6. The van der Waals surface area contributed by atoms with E-state index in [4.69, 9.17) is 10.7 Å². The predicted molar refractivity (Wildman–Crippen MR) is 67.2 cm³/mol. The molecule has 0 bridgehead atoms. The highest BCUT2D eigenvalue weighted by molar-refractivity contribution is 8.13. The zero-order valence-electron chi connectivity index (χ0n) is 9.15. The molecule has 0 aliphatic carbocycles. The monoisotopic (exact) mass is 271 g/mol. The Labute approximate surface area is 101 Å². The number of hydrogen-bond donors (Lipinski definition) is 0. The van der Waals surface area contributed by atoms with Crippen molar-refractivity contribution < 1.29 is 8.42 Å². The maximum absolute atomic E-state index is 10.8. The summed E-state index contributed by atoms with van der Waals surface area (Å²) in [4.78, 5) is 2.35. The van der Waals surface area contributed by atoms with Crippen LogP contribution in [0.2, 0.25) is 0 Å². The molecular weight excluding hydrogens is 254 g/mol. The van der Waals surface area contributed by atoms with Crippen LogP contribution in [-0.2, 0) is 9.05 Å². The first-order chi connectivity index (χ1) is 6.90. The first-order valence-corrected chi connectivity index (χ1v) is 8.71. The van der Waals surface area contributed by atoms with Crippen molar-refractivity contribution in [3.05, 3.63) is 0 Å². The molecule has 1 rings (SSSR count). The Balaban J connectivity index is 2.32. The summed E-state index contributed by atoms with van der Waals surface area (Å²) in [5.41, 5.74) is 0. The Morgan fingerprint density at radius 3 is 2.73 bits per heavy atom. The van der Waals surface area contributed by atoms with Crippen LogP contribution in [-0.4, -0.2) is 49.2 Å². The number of rotatable bonds is 4. The molecule has 1 heterocycles. The fraction of sp³-hybridized carbons (Fsp3) is 1.00. The average Bonchev–Trinajstić information content (AvgIpc) is 2.10. The van der Waals surface area contributed by atoms with E-state index in [1.165, 1.54) is 0 Å². The van der Waals surface area contributed by atoms with Crippen LogP contribution in [0.25, 0.3) is 0 Å². The van der Waals surface area contributed by atoms with E-state index in [2.05, 4.69) is 18.7 Å². The van der Waals surface area contributed by atoms with Gasteiger partial charge in [-0.15, -0.1) is 0 Å². The summed E-state index contributed by atoms with van der Waals surface area (Å²) in [5.74, 6) is 1.22. The third kappa shape index (κ3) is 4.93. The number of thioether (sulfide) groups is 1. The summed E-state index contributed by atoms with van der Waals surface area (Å²) < 4.78 is 21.5. The van der Waals surface area contributed by atoms with Crippen molar-refractivity contribution in [3.63, 3.8) is 0 Å². The lowest BCUT2D eigenvalue weighted by Crippen LogP contribution is -2.45. The summed E-state index contributed by atoms with van der Waals surface area (Å²) in [6.07, 6.45) is 0.632. The van der Waals surface area contributed by atoms with E-state index in [0.29, 0.717) is 17.7 Å². The fourth-order valence-electron chi connectivity index (χ4n) is 1.75. The highest BCUT2D eigenvalue weighted by atomic mass is 35.7. The summed E-state index contributed by atoms with van der Waals surface area (Å²) in [6.45, 7) is 6.31. The van der Waals surface area contributed by atoms with Crippen molar-refractivity contribution in [2.75, 3.05) is 24.6 Å². The summed E-state index contributed by atoms with van der Waals surface area (Å²) in [6, 6.07) is 0.529. The van der Waals surface area contributed by atoms with Crippen molar-refractivity contribution in [1.82, 2.24) is 4.90 Å². The normalized spacial score (nSPS) is 29.3. The van der Waals surface area contributed by atoms with Crippen molar-refractivity contribution in [1.29, 1.82) is 0 Å². The molecule has 0 aromatic heterocycles. The van der Waals surface area contributed by atoms with Crippen molar-refractivity contribution in [2.24, 2.45) is 0 Å². The van der Waals surface area contributed by atoms with Crippen molar-refractivity contribution in [3.8, 4) is 0 Å². The van der Waals surface area contributed by atoms with Gasteiger partial charge in [0.05, 0.1) is 5.75 Å². The predicted octanol–water partition coefficient (Wildman–Crippen LogP) is 1.77. The summed E-state index contributed by atoms with van der Waals surface area (Å²) in [5, 5.41) is 0.631. The summed E-state index contributed by atoms with van der Waals surface area (Å²) >= 11 is 1.98. The minimum Gasteiger partial charge on any atom is -0.299 e. The molecule has 0 N–H and O–H groups in total. The summed E-state index contributed by atoms with van der Waals surface area (Å²) in [7, 11) is 1.85. The molecule has 3 nitrogen and oxygen atoms in total. The standard InChI is InChI=1S/C9H18ClNO2S2/c1-8-9(2)14-6-5-11(8)4-3-7-15(10,12)13/h8-9H,3-7H2,1-2H3. The molecule has 2 unspecified atom stereocenters. The molecule has 90 valence electrons. The molecule has 0 aromatic rings. The maximum atomic E-state index is 10.8. The SMILES string of the molecule is CC1SCCN(CCCS(=O)(=O)Cl)C1C. The van der Waals surface area contributed by atoms with Crippen LogP contribution in [0.1, 0.15) is 20.3 Å². The molecule has 15 heavy (non-hydrogen) atoms. The Morgan fingerprint density at radius 2 is 2.13 bits per heavy atom. The third-order valence-corrected chi connectivity index (χ3v) is 5.43. The van der Waals surface area contributed by atoms with E-state index in [1.807, 2.05) is 11.8 Å². The third-order valence-electron chi connectivity index (χ3n) is 2.85. The van der Waals surface area contributed by atoms with Gasteiger partial charge in [-0.3, -0.25) is 4.90 Å². The first-order valence-electron chi connectivity index (χ1n) is 5.18. The van der Waals surface area contributed by atoms with E-state index >= 15 is 0 Å². The van der Waals surface area contributed by atoms with Gasteiger partial charge in [0.15, 0.2) is 0 Å². The van der Waals surface area contributed by atoms with Crippen LogP contribution >= 0.6 is 22.4 Å². The Kier molecular flexibility index (Phi) is 5.22. The Bertz CT molecular complexity index is 294. The van der Waals surface area contributed by atoms with Gasteiger partial charge in [-0.1, -0.05) is 6.92 Å². The average molecular weight is 272 g/mol. The number of halogens is 1. The number of hydrogen-bond acceptors (Lipinski definition) is 4. The zero-order valence-corrected chi connectivity index (χ0v) is 11.5. The zero-order chi connectivity index (χ0) is 11.5. The van der Waals surface area contributed by atoms with Gasteiger partial charge >= 0.3 is 0 Å². The van der Waals surface area contributed by atoms with Crippen LogP contribution < -0.4 is 0 Å². The van der Waals surface area contributed by atoms with Crippen molar-refractivity contribution in [2.45, 2.75) is 31.6 Å². The molecular formula is C9H18ClNO2S2. The van der Waals surface area contributed by atoms with E-state index < -0.39 is 9.05 Å². The van der Waals surface area contributed by atoms with E-state index in [-0.39, 0.29) is 5.75 Å². The van der Waals surface area contributed by atoms with Gasteiger partial charge in [-0.25, -0.2) is 8.42 Å². The lowest BCUT2D eigenvalue weighted by atomic mass is 10.2. The molecule has 6 heteroatoms. The molecule has 1 aliphatic heterocycles. The molecule has 1 fully saturated rings. The second-order valence-corrected chi connectivity index (χ2v) is 8.33. The van der Waals surface area contributed by atoms with E-state index in [0.717, 1.165) is 18.8 Å². The van der Waals surface area contributed by atoms with Crippen LogP contribution in [0, 0.1) is 0 Å². The quantitative estimate of drug-likeness (QED) is 0.731. The molecule has 0 radical (unpaired) electrons. The lowest BCUT2D eigenvalue weighted by molar-refractivity contribution is 0.214. The fourth-order valence-corrected chi connectivity index (χ4v) is 3.71.